The fourth-order valence-corrected chi connectivity index (χ4v) is 2.91. The third-order valence-electron chi connectivity index (χ3n) is 4.19. The van der Waals surface area contributed by atoms with E-state index in [1.54, 1.807) is 4.90 Å². The third-order valence-corrected chi connectivity index (χ3v) is 4.19. The maximum absolute atomic E-state index is 14.2. The fourth-order valence-electron chi connectivity index (χ4n) is 2.91. The van der Waals surface area contributed by atoms with E-state index in [9.17, 15) is 22.0 Å². The Bertz CT molecular complexity index is 537. The van der Waals surface area contributed by atoms with Crippen LogP contribution in [0.1, 0.15) is 38.3 Å². The number of rotatable bonds is 5. The van der Waals surface area contributed by atoms with Crippen LogP contribution in [0.4, 0.5) is 22.0 Å². The van der Waals surface area contributed by atoms with Gasteiger partial charge in [-0.05, 0) is 18.8 Å². The Morgan fingerprint density at radius 1 is 0.800 bits per heavy atom. The first-order valence-electron chi connectivity index (χ1n) is 7.80. The molecule has 0 unspecified atom stereocenters. The van der Waals surface area contributed by atoms with Gasteiger partial charge in [-0.2, -0.15) is 0 Å². The van der Waals surface area contributed by atoms with Gasteiger partial charge in [0.25, 0.3) is 0 Å². The molecule has 0 spiro atoms. The van der Waals surface area contributed by atoms with Crippen molar-refractivity contribution in [1.82, 2.24) is 10.2 Å². The lowest BCUT2D eigenvalue weighted by Crippen LogP contribution is -2.45. The van der Waals surface area contributed by atoms with E-state index in [1.165, 1.54) is 0 Å². The summed E-state index contributed by atoms with van der Waals surface area (Å²) in [6, 6.07) is -0.816. The molecule has 1 aliphatic rings. The highest BCUT2D eigenvalue weighted by Crippen LogP contribution is 2.34. The van der Waals surface area contributed by atoms with Crippen molar-refractivity contribution < 1.29 is 22.0 Å². The van der Waals surface area contributed by atoms with Crippen LogP contribution < -0.4 is 5.32 Å². The summed E-state index contributed by atoms with van der Waals surface area (Å²) in [4.78, 5) is 1.79. The van der Waals surface area contributed by atoms with Crippen LogP contribution in [0.5, 0.6) is 0 Å². The van der Waals surface area contributed by atoms with Gasteiger partial charge in [0.2, 0.25) is 5.82 Å². The summed E-state index contributed by atoms with van der Waals surface area (Å²) in [5.74, 6) is -9.01. The second-order valence-electron chi connectivity index (χ2n) is 6.26. The number of piperazine rings is 1. The minimum absolute atomic E-state index is 0. The predicted octanol–water partition coefficient (Wildman–Crippen LogP) is 4.61. The quantitative estimate of drug-likeness (QED) is 0.434. The van der Waals surface area contributed by atoms with Crippen molar-refractivity contribution >= 4 is 24.8 Å². The standard InChI is InChI=1S/C16H21F5N2.2ClH/c1-9(2)3-4-10(23-7-5-22-6-8-23)11-12(17)14(19)16(21)15(20)13(11)18;;/h9-10,22H,3-8H2,1-2H3;2*1H/t10-;;/m0../s1. The molecule has 2 nitrogen and oxygen atoms in total. The van der Waals surface area contributed by atoms with Gasteiger partial charge in [-0.3, -0.25) is 4.90 Å². The summed E-state index contributed by atoms with van der Waals surface area (Å²) in [5, 5.41) is 3.11. The Morgan fingerprint density at radius 2 is 1.24 bits per heavy atom. The van der Waals surface area contributed by atoms with E-state index in [1.807, 2.05) is 13.8 Å². The molecule has 0 aliphatic carbocycles. The molecule has 1 atom stereocenters. The molecular weight excluding hydrogens is 386 g/mol. The molecule has 146 valence electrons. The van der Waals surface area contributed by atoms with Gasteiger partial charge < -0.3 is 5.32 Å². The lowest BCUT2D eigenvalue weighted by atomic mass is 9.94. The molecule has 1 aromatic rings. The van der Waals surface area contributed by atoms with Gasteiger partial charge in [-0.15, -0.1) is 24.8 Å². The van der Waals surface area contributed by atoms with E-state index >= 15 is 0 Å². The summed E-state index contributed by atoms with van der Waals surface area (Å²) in [6.45, 7) is 6.15. The van der Waals surface area contributed by atoms with E-state index in [4.69, 9.17) is 0 Å². The van der Waals surface area contributed by atoms with Crippen LogP contribution in [0.2, 0.25) is 0 Å². The lowest BCUT2D eigenvalue weighted by molar-refractivity contribution is 0.150. The summed E-state index contributed by atoms with van der Waals surface area (Å²) < 4.78 is 68.7. The van der Waals surface area contributed by atoms with Gasteiger partial charge in [0.1, 0.15) is 0 Å². The van der Waals surface area contributed by atoms with Crippen molar-refractivity contribution in [2.75, 3.05) is 26.2 Å². The normalized spacial score (nSPS) is 16.3. The van der Waals surface area contributed by atoms with Crippen molar-refractivity contribution in [3.05, 3.63) is 34.6 Å². The fraction of sp³-hybridized carbons (Fsp3) is 0.625. The van der Waals surface area contributed by atoms with Gasteiger partial charge in [-0.25, -0.2) is 22.0 Å². The van der Waals surface area contributed by atoms with Crippen LogP contribution in [0.3, 0.4) is 0 Å². The number of halogens is 7. The molecule has 9 heteroatoms. The van der Waals surface area contributed by atoms with E-state index < -0.39 is 40.7 Å². The van der Waals surface area contributed by atoms with Crippen molar-refractivity contribution in [1.29, 1.82) is 0 Å². The molecule has 0 bridgehead atoms. The molecule has 0 saturated carbocycles. The monoisotopic (exact) mass is 408 g/mol. The molecular formula is C16H23Cl2F5N2. The highest BCUT2D eigenvalue weighted by molar-refractivity contribution is 5.85. The second kappa shape index (κ2) is 10.5. The number of hydrogen-bond acceptors (Lipinski definition) is 2. The first-order chi connectivity index (χ1) is 10.8. The van der Waals surface area contributed by atoms with Crippen molar-refractivity contribution in [3.8, 4) is 0 Å². The Morgan fingerprint density at radius 3 is 1.68 bits per heavy atom. The molecule has 1 saturated heterocycles. The Hall–Kier alpha value is -0.630. The van der Waals surface area contributed by atoms with Gasteiger partial charge in [0.05, 0.1) is 0 Å². The van der Waals surface area contributed by atoms with Crippen LogP contribution in [-0.4, -0.2) is 31.1 Å². The van der Waals surface area contributed by atoms with Crippen LogP contribution in [-0.2, 0) is 0 Å². The van der Waals surface area contributed by atoms with Crippen molar-refractivity contribution in [2.24, 2.45) is 5.92 Å². The zero-order valence-corrected chi connectivity index (χ0v) is 15.7. The molecule has 1 N–H and O–H groups in total. The highest BCUT2D eigenvalue weighted by Gasteiger charge is 2.33. The average Bonchev–Trinajstić information content (AvgIpc) is 2.54. The molecule has 1 fully saturated rings. The minimum atomic E-state index is -2.10. The molecule has 1 aromatic carbocycles. The molecule has 0 aromatic heterocycles. The predicted molar refractivity (Wildman–Crippen MR) is 92.0 cm³/mol. The highest BCUT2D eigenvalue weighted by atomic mass is 35.5. The topological polar surface area (TPSA) is 15.3 Å². The van der Waals surface area contributed by atoms with E-state index in [0.29, 0.717) is 39.0 Å². The first-order valence-corrected chi connectivity index (χ1v) is 7.80. The molecule has 1 heterocycles. The minimum Gasteiger partial charge on any atom is -0.314 e. The molecule has 25 heavy (non-hydrogen) atoms. The van der Waals surface area contributed by atoms with Crippen LogP contribution in [0, 0.1) is 35.0 Å². The summed E-state index contributed by atoms with van der Waals surface area (Å²) in [5.41, 5.74) is -0.705. The molecule has 0 radical (unpaired) electrons. The van der Waals surface area contributed by atoms with E-state index in [2.05, 4.69) is 5.32 Å². The van der Waals surface area contributed by atoms with Gasteiger partial charge >= 0.3 is 0 Å². The summed E-state index contributed by atoms with van der Waals surface area (Å²) in [7, 11) is 0. The third kappa shape index (κ3) is 5.42. The van der Waals surface area contributed by atoms with Crippen LogP contribution in [0.25, 0.3) is 0 Å². The van der Waals surface area contributed by atoms with Gasteiger partial charge in [0.15, 0.2) is 23.3 Å². The summed E-state index contributed by atoms with van der Waals surface area (Å²) >= 11 is 0. The van der Waals surface area contributed by atoms with Gasteiger partial charge in [0, 0.05) is 37.8 Å². The molecule has 0 amide bonds. The Kier molecular flexibility index (Phi) is 10.2. The zero-order chi connectivity index (χ0) is 17.1. The Balaban J connectivity index is 0.00000288. The maximum atomic E-state index is 14.2. The first kappa shape index (κ1) is 24.4. The second-order valence-corrected chi connectivity index (χ2v) is 6.26. The lowest BCUT2D eigenvalue weighted by Gasteiger charge is -2.36. The SMILES string of the molecule is CC(C)CC[C@@H](c1c(F)c(F)c(F)c(F)c1F)N1CCNCC1.Cl.Cl. The zero-order valence-electron chi connectivity index (χ0n) is 14.1. The van der Waals surface area contributed by atoms with Crippen molar-refractivity contribution in [2.45, 2.75) is 32.7 Å². The van der Waals surface area contributed by atoms with E-state index in [-0.39, 0.29) is 30.7 Å². The molecule has 2 rings (SSSR count). The Labute approximate surface area is 157 Å². The maximum Gasteiger partial charge on any atom is 0.200 e. The van der Waals surface area contributed by atoms with Crippen LogP contribution in [0.15, 0.2) is 0 Å². The average molecular weight is 409 g/mol. The number of benzene rings is 1. The smallest absolute Gasteiger partial charge is 0.200 e. The van der Waals surface area contributed by atoms with E-state index in [0.717, 1.165) is 0 Å². The number of nitrogens with zero attached hydrogens (tertiary/aromatic N) is 1. The van der Waals surface area contributed by atoms with Crippen LogP contribution >= 0.6 is 24.8 Å². The van der Waals surface area contributed by atoms with Crippen molar-refractivity contribution in [3.63, 3.8) is 0 Å². The summed E-state index contributed by atoms with van der Waals surface area (Å²) in [6.07, 6.45) is 0.976. The van der Waals surface area contributed by atoms with Gasteiger partial charge in [-0.1, -0.05) is 13.8 Å². The number of hydrogen-bond donors (Lipinski definition) is 1. The largest absolute Gasteiger partial charge is 0.314 e. The molecule has 1 aliphatic heterocycles. The number of nitrogens with one attached hydrogen (secondary N) is 1.